The third kappa shape index (κ3) is 24.5. The highest BCUT2D eigenvalue weighted by molar-refractivity contribution is 5.99. The fourth-order valence-corrected chi connectivity index (χ4v) is 11.5. The van der Waals surface area contributed by atoms with Gasteiger partial charge >= 0.3 is 5.97 Å². The van der Waals surface area contributed by atoms with Crippen LogP contribution in [0.3, 0.4) is 0 Å². The van der Waals surface area contributed by atoms with E-state index < -0.39 is 162 Å². The van der Waals surface area contributed by atoms with Gasteiger partial charge in [-0.15, -0.1) is 0 Å². The van der Waals surface area contributed by atoms with Crippen molar-refractivity contribution in [2.24, 2.45) is 47.3 Å². The van der Waals surface area contributed by atoms with E-state index in [-0.39, 0.29) is 61.7 Å². The number of aliphatic hydroxyl groups excluding tert-OH is 2. The number of esters is 1. The first-order chi connectivity index (χ1) is 43.1. The zero-order valence-corrected chi connectivity index (χ0v) is 60.0. The van der Waals surface area contributed by atoms with E-state index in [1.54, 1.807) is 53.1 Å². The Hall–Kier alpha value is -6.83. The maximum atomic E-state index is 15.3. The molecule has 13 atom stereocenters. The number of aryl methyl sites for hydroxylation is 1. The Morgan fingerprint density at radius 3 is 1.34 bits per heavy atom. The lowest BCUT2D eigenvalue weighted by Gasteiger charge is -2.40. The minimum Gasteiger partial charge on any atom is -0.450 e. The van der Waals surface area contributed by atoms with Crippen LogP contribution in [0.25, 0.3) is 0 Å². The number of nitrogens with one attached hydrogen (secondary N) is 4. The number of amides is 10. The largest absolute Gasteiger partial charge is 0.450 e. The van der Waals surface area contributed by atoms with Crippen molar-refractivity contribution in [2.75, 3.05) is 48.8 Å². The van der Waals surface area contributed by atoms with Gasteiger partial charge in [-0.3, -0.25) is 47.9 Å². The van der Waals surface area contributed by atoms with E-state index in [1.807, 2.05) is 69.2 Å². The molecule has 10 amide bonds. The van der Waals surface area contributed by atoms with Gasteiger partial charge in [0, 0.05) is 61.1 Å². The molecule has 1 aliphatic rings. The smallest absolute Gasteiger partial charge is 0.329 e. The van der Waals surface area contributed by atoms with Gasteiger partial charge in [-0.05, 0) is 112 Å². The van der Waals surface area contributed by atoms with Crippen LogP contribution < -0.4 is 21.3 Å². The van der Waals surface area contributed by atoms with Crippen LogP contribution in [-0.2, 0) is 63.9 Å². The molecule has 0 saturated carbocycles. The highest BCUT2D eigenvalue weighted by Gasteiger charge is 2.46. The van der Waals surface area contributed by atoms with Gasteiger partial charge in [-0.1, -0.05) is 104 Å². The number of hydrogen-bond donors (Lipinski definition) is 6. The van der Waals surface area contributed by atoms with E-state index in [9.17, 15) is 48.6 Å². The number of cyclic esters (lactones) is 1. The summed E-state index contributed by atoms with van der Waals surface area (Å²) in [5, 5.41) is 34.6. The molecule has 26 heteroatoms. The molecule has 93 heavy (non-hydrogen) atoms. The molecule has 1 saturated heterocycles. The van der Waals surface area contributed by atoms with Gasteiger partial charge in [-0.2, -0.15) is 0 Å². The molecule has 0 aliphatic carbocycles. The summed E-state index contributed by atoms with van der Waals surface area (Å²) in [4.78, 5) is 177. The van der Waals surface area contributed by atoms with Gasteiger partial charge in [0.1, 0.15) is 60.2 Å². The summed E-state index contributed by atoms with van der Waals surface area (Å²) < 4.78 is 5.91. The fraction of sp³-hybridized carbons (Fsp3) is 0.776. The van der Waals surface area contributed by atoms with Crippen LogP contribution >= 0.6 is 0 Å². The minimum atomic E-state index is -1.77. The normalized spacial score (nSPS) is 25.8. The molecule has 0 radical (unpaired) electrons. The van der Waals surface area contributed by atoms with E-state index >= 15 is 14.4 Å². The van der Waals surface area contributed by atoms with Crippen molar-refractivity contribution < 1.29 is 67.7 Å². The standard InChI is InChI=1S/C67H116N12O14/c1-36(2)30-46-62(87)76(20)49(33-39(7)8)58(83)70-44(16)67(92)93-57(42(13)14)66(91)77(21)50(34-40(9)10)60(85)72-47(31-37(3)4)63(88)78(22)54(41(11)12)65(90)79(23)55(56(82)43(15)26-24-27-51-68-28-25-29-69-51)61(86)73-53(45(17)80)64(89)74(18)35-52(81)75(19)48(32-38(5)6)59(84)71-46/h25,28-29,36-50,53-57,80,82H,24,26-27,30-35H2,1-23H3,(H,70,83)(H,71,84)(H,72,85)(H,73,86)/t43-,44+,45-,46+,47+,48+,49+,50-,53+,54+,55+,56-,57-/m1/s1. The molecule has 0 unspecified atom stereocenters. The number of aromatic nitrogens is 2. The number of carbonyl (C=O) groups is 11. The Morgan fingerprint density at radius 2 is 0.914 bits per heavy atom. The zero-order chi connectivity index (χ0) is 71.4. The van der Waals surface area contributed by atoms with Gasteiger partial charge in [0.15, 0.2) is 6.10 Å². The van der Waals surface area contributed by atoms with Crippen LogP contribution in [0.2, 0.25) is 0 Å². The molecular weight excluding hydrogens is 1200 g/mol. The molecule has 2 rings (SSSR count). The summed E-state index contributed by atoms with van der Waals surface area (Å²) >= 11 is 0. The molecular formula is C67H116N12O14. The highest BCUT2D eigenvalue weighted by atomic mass is 16.6. The number of aliphatic hydroxyl groups is 2. The Morgan fingerprint density at radius 1 is 0.495 bits per heavy atom. The Bertz CT molecular complexity index is 2660. The van der Waals surface area contributed by atoms with Crippen LogP contribution in [0.5, 0.6) is 0 Å². The summed E-state index contributed by atoms with van der Waals surface area (Å²) in [7, 11) is 8.12. The molecule has 0 spiro atoms. The van der Waals surface area contributed by atoms with Crippen molar-refractivity contribution in [3.05, 3.63) is 24.3 Å². The van der Waals surface area contributed by atoms with E-state index in [2.05, 4.69) is 31.2 Å². The maximum absolute atomic E-state index is 15.3. The third-order valence-electron chi connectivity index (χ3n) is 17.0. The van der Waals surface area contributed by atoms with E-state index in [1.165, 1.54) is 70.8 Å². The topological polar surface area (TPSA) is 331 Å². The number of likely N-dealkylation sites (N-methyl/N-ethyl adjacent to an activating group) is 6. The van der Waals surface area contributed by atoms with Crippen LogP contribution in [0, 0.1) is 47.3 Å². The molecule has 0 bridgehead atoms. The predicted octanol–water partition coefficient (Wildman–Crippen LogP) is 3.20. The first kappa shape index (κ1) is 82.3. The summed E-state index contributed by atoms with van der Waals surface area (Å²) in [6.07, 6.45) is 0.114. The Kier molecular flexibility index (Phi) is 33.5. The first-order valence-corrected chi connectivity index (χ1v) is 33.2. The molecule has 0 aromatic carbocycles. The van der Waals surface area contributed by atoms with Crippen molar-refractivity contribution in [1.82, 2.24) is 60.6 Å². The molecule has 1 aromatic heterocycles. The second kappa shape index (κ2) is 37.9. The molecule has 2 heterocycles. The summed E-state index contributed by atoms with van der Waals surface area (Å²) in [5.74, 6) is -11.2. The van der Waals surface area contributed by atoms with E-state index in [0.29, 0.717) is 25.1 Å². The second-order valence-corrected chi connectivity index (χ2v) is 28.5. The molecule has 528 valence electrons. The molecule has 6 N–H and O–H groups in total. The van der Waals surface area contributed by atoms with Gasteiger partial charge in [-0.25, -0.2) is 14.8 Å². The van der Waals surface area contributed by atoms with Crippen LogP contribution in [0.15, 0.2) is 18.5 Å². The average molecular weight is 1310 g/mol. The number of nitrogens with zero attached hydrogens (tertiary/aromatic N) is 8. The highest BCUT2D eigenvalue weighted by Crippen LogP contribution is 2.25. The minimum absolute atomic E-state index is 0.0695. The van der Waals surface area contributed by atoms with E-state index in [4.69, 9.17) is 4.74 Å². The lowest BCUT2D eigenvalue weighted by molar-refractivity contribution is -0.166. The predicted molar refractivity (Wildman–Crippen MR) is 352 cm³/mol. The summed E-state index contributed by atoms with van der Waals surface area (Å²) in [6.45, 7) is 28.7. The van der Waals surface area contributed by atoms with Gasteiger partial charge in [0.05, 0.1) is 18.8 Å². The Balaban J connectivity index is 3.03. The van der Waals surface area contributed by atoms with Crippen LogP contribution in [0.1, 0.15) is 168 Å². The van der Waals surface area contributed by atoms with Crippen molar-refractivity contribution in [2.45, 2.75) is 242 Å². The molecule has 1 fully saturated rings. The first-order valence-electron chi connectivity index (χ1n) is 33.2. The zero-order valence-electron chi connectivity index (χ0n) is 60.0. The summed E-state index contributed by atoms with van der Waals surface area (Å²) in [5.41, 5.74) is 0. The van der Waals surface area contributed by atoms with Crippen LogP contribution in [0.4, 0.5) is 0 Å². The number of rotatable bonds is 19. The number of ether oxygens (including phenoxy) is 1. The third-order valence-corrected chi connectivity index (χ3v) is 17.0. The average Bonchev–Trinajstić information content (AvgIpc) is 1.05. The summed E-state index contributed by atoms with van der Waals surface area (Å²) in [6, 6.07) is -10.7. The molecule has 1 aliphatic heterocycles. The molecule has 1 aromatic rings. The number of carbonyl (C=O) groups excluding carboxylic acids is 11. The fourth-order valence-electron chi connectivity index (χ4n) is 11.5. The maximum Gasteiger partial charge on any atom is 0.329 e. The second-order valence-electron chi connectivity index (χ2n) is 28.5. The van der Waals surface area contributed by atoms with E-state index in [0.717, 1.165) is 14.7 Å². The van der Waals surface area contributed by atoms with Crippen molar-refractivity contribution in [3.8, 4) is 0 Å². The number of hydrogen-bond acceptors (Lipinski definition) is 16. The lowest BCUT2D eigenvalue weighted by atomic mass is 9.90. The Labute approximate surface area is 553 Å². The van der Waals surface area contributed by atoms with Crippen LogP contribution in [-0.4, -0.2) is 236 Å². The lowest BCUT2D eigenvalue weighted by Crippen LogP contribution is -2.64. The monoisotopic (exact) mass is 1310 g/mol. The van der Waals surface area contributed by atoms with Crippen molar-refractivity contribution in [1.29, 1.82) is 0 Å². The van der Waals surface area contributed by atoms with Crippen molar-refractivity contribution >= 4 is 65.0 Å². The quantitative estimate of drug-likeness (QED) is 0.108. The van der Waals surface area contributed by atoms with Gasteiger partial charge < -0.3 is 65.6 Å². The van der Waals surface area contributed by atoms with Crippen molar-refractivity contribution in [3.63, 3.8) is 0 Å². The van der Waals surface area contributed by atoms with Gasteiger partial charge in [0.25, 0.3) is 5.91 Å². The molecule has 26 nitrogen and oxygen atoms in total. The van der Waals surface area contributed by atoms with Gasteiger partial charge in [0.2, 0.25) is 53.2 Å². The SMILES string of the molecule is CC(C)C[C@@H]1NC(=O)[C@@H](CC(C)C)N(C)C(=O)[C@@H](C(C)C)OC(=O)[C@H](C)NC(=O)[C@H](CC(C)C)N(C)C(=O)[C@H](CC(C)C)NC(=O)[C@H](CC(C)C)N(C)C(=O)CN(C)C(=O)[C@H]([C@@H](C)O)NC(=O)[C@H]([C@H](O)[C@H](C)CCCc2ncccn2)N(C)C(=O)[C@H](C(C)C)N(C)C1=O.